The normalized spacial score (nSPS) is 15.6. The van der Waals surface area contributed by atoms with Crippen molar-refractivity contribution in [2.45, 2.75) is 5.92 Å². The van der Waals surface area contributed by atoms with Crippen molar-refractivity contribution in [3.05, 3.63) is 80.1 Å². The molecule has 4 heterocycles. The maximum absolute atomic E-state index is 13.0. The number of nitriles is 1. The molecule has 0 aliphatic carbocycles. The van der Waals surface area contributed by atoms with Crippen molar-refractivity contribution in [3.8, 4) is 11.8 Å². The number of pyridine rings is 1. The van der Waals surface area contributed by atoms with Crippen LogP contribution < -0.4 is 21.3 Å². The molecule has 0 spiro atoms. The standard InChI is InChI=1S/C20H13N5O2S2/c21-9-11-13(12-7-4-8-28-12)14-15(27-17(11)22)16-18(24-19(14)26)25-20(29-16)23-10-5-2-1-3-6-10/h1-8,13H,22H2,(H2,23,24,25,26). The van der Waals surface area contributed by atoms with E-state index in [2.05, 4.69) is 21.4 Å². The van der Waals surface area contributed by atoms with E-state index < -0.39 is 5.92 Å². The molecule has 0 bridgehead atoms. The molecule has 9 heteroatoms. The SMILES string of the molecule is N#CC1=C(N)Oc2c(c(=O)[nH]c3nc(Nc4ccccc4)sc23)C1c1cccs1. The maximum atomic E-state index is 13.0. The summed E-state index contributed by atoms with van der Waals surface area (Å²) >= 11 is 2.81. The number of nitrogens with two attached hydrogens (primary N) is 1. The summed E-state index contributed by atoms with van der Waals surface area (Å²) in [5.74, 6) is -0.196. The number of fused-ring (bicyclic) bond motifs is 3. The van der Waals surface area contributed by atoms with E-state index in [4.69, 9.17) is 10.5 Å². The maximum Gasteiger partial charge on any atom is 0.257 e. The Bertz CT molecular complexity index is 1350. The minimum Gasteiger partial charge on any atom is -0.438 e. The number of anilines is 2. The quantitative estimate of drug-likeness (QED) is 0.462. The average Bonchev–Trinajstić information content (AvgIpc) is 3.38. The second-order valence-electron chi connectivity index (χ2n) is 6.32. The van der Waals surface area contributed by atoms with E-state index in [1.165, 1.54) is 22.7 Å². The summed E-state index contributed by atoms with van der Waals surface area (Å²) in [6.45, 7) is 0. The van der Waals surface area contributed by atoms with E-state index in [9.17, 15) is 10.1 Å². The Labute approximate surface area is 172 Å². The van der Waals surface area contributed by atoms with Crippen LogP contribution in [0.5, 0.6) is 5.75 Å². The number of aromatic amines is 1. The first-order chi connectivity index (χ1) is 14.2. The van der Waals surface area contributed by atoms with Crippen LogP contribution >= 0.6 is 22.7 Å². The van der Waals surface area contributed by atoms with Crippen molar-refractivity contribution in [1.82, 2.24) is 9.97 Å². The lowest BCUT2D eigenvalue weighted by Gasteiger charge is -2.24. The molecule has 1 atom stereocenters. The number of hydrogen-bond donors (Lipinski definition) is 3. The number of para-hydroxylation sites is 1. The number of ether oxygens (including phenoxy) is 1. The van der Waals surface area contributed by atoms with Gasteiger partial charge in [-0.2, -0.15) is 5.26 Å². The summed E-state index contributed by atoms with van der Waals surface area (Å²) in [6.07, 6.45) is 0. The van der Waals surface area contributed by atoms with Gasteiger partial charge in [0.25, 0.3) is 5.56 Å². The lowest BCUT2D eigenvalue weighted by Crippen LogP contribution is -2.27. The Morgan fingerprint density at radius 2 is 2.07 bits per heavy atom. The molecular weight excluding hydrogens is 406 g/mol. The van der Waals surface area contributed by atoms with Crippen molar-refractivity contribution in [2.24, 2.45) is 5.73 Å². The van der Waals surface area contributed by atoms with Crippen LogP contribution in [0, 0.1) is 11.3 Å². The van der Waals surface area contributed by atoms with Crippen LogP contribution in [0.1, 0.15) is 16.4 Å². The van der Waals surface area contributed by atoms with Gasteiger partial charge < -0.3 is 20.8 Å². The highest BCUT2D eigenvalue weighted by Crippen LogP contribution is 2.46. The summed E-state index contributed by atoms with van der Waals surface area (Å²) in [6, 6.07) is 15.5. The minimum atomic E-state index is -0.565. The Morgan fingerprint density at radius 3 is 2.79 bits per heavy atom. The number of allylic oxidation sites excluding steroid dienone is 1. The molecule has 0 amide bonds. The van der Waals surface area contributed by atoms with E-state index in [1.807, 2.05) is 47.8 Å². The molecule has 5 rings (SSSR count). The van der Waals surface area contributed by atoms with Crippen LogP contribution in [0.25, 0.3) is 10.3 Å². The molecule has 0 fully saturated rings. The molecule has 1 aliphatic heterocycles. The number of hydrogen-bond acceptors (Lipinski definition) is 8. The number of H-pyrrole nitrogens is 1. The van der Waals surface area contributed by atoms with Gasteiger partial charge in [-0.25, -0.2) is 4.98 Å². The second kappa shape index (κ2) is 6.77. The first-order valence-electron chi connectivity index (χ1n) is 8.65. The van der Waals surface area contributed by atoms with Gasteiger partial charge in [-0.1, -0.05) is 35.6 Å². The van der Waals surface area contributed by atoms with E-state index in [-0.39, 0.29) is 17.0 Å². The number of thiophene rings is 1. The highest BCUT2D eigenvalue weighted by molar-refractivity contribution is 7.22. The van der Waals surface area contributed by atoms with E-state index in [0.717, 1.165) is 10.6 Å². The van der Waals surface area contributed by atoms with Crippen molar-refractivity contribution in [2.75, 3.05) is 5.32 Å². The number of nitrogens with zero attached hydrogens (tertiary/aromatic N) is 2. The first kappa shape index (κ1) is 17.5. The third-order valence-electron chi connectivity index (χ3n) is 4.58. The monoisotopic (exact) mass is 419 g/mol. The Hall–Kier alpha value is -3.61. The lowest BCUT2D eigenvalue weighted by molar-refractivity contribution is 0.398. The molecule has 29 heavy (non-hydrogen) atoms. The van der Waals surface area contributed by atoms with Gasteiger partial charge in [0.2, 0.25) is 5.88 Å². The molecule has 3 aromatic heterocycles. The fourth-order valence-corrected chi connectivity index (χ4v) is 5.11. The highest BCUT2D eigenvalue weighted by atomic mass is 32.1. The van der Waals surface area contributed by atoms with Gasteiger partial charge in [-0.05, 0) is 23.6 Å². The van der Waals surface area contributed by atoms with E-state index in [1.54, 1.807) is 0 Å². The number of thiazole rings is 1. The molecule has 142 valence electrons. The molecular formula is C20H13N5O2S2. The number of benzene rings is 1. The summed E-state index contributed by atoms with van der Waals surface area (Å²) < 4.78 is 6.45. The zero-order chi connectivity index (χ0) is 20.0. The Balaban J connectivity index is 1.70. The summed E-state index contributed by atoms with van der Waals surface area (Å²) in [5, 5.41) is 15.4. The zero-order valence-corrected chi connectivity index (χ0v) is 16.4. The van der Waals surface area contributed by atoms with E-state index >= 15 is 0 Å². The molecule has 1 unspecified atom stereocenters. The average molecular weight is 419 g/mol. The lowest BCUT2D eigenvalue weighted by atomic mass is 9.89. The van der Waals surface area contributed by atoms with Gasteiger partial charge >= 0.3 is 0 Å². The molecule has 1 aromatic carbocycles. The third kappa shape index (κ3) is 2.86. The number of aromatic nitrogens is 2. The highest BCUT2D eigenvalue weighted by Gasteiger charge is 2.36. The third-order valence-corrected chi connectivity index (χ3v) is 6.49. The summed E-state index contributed by atoms with van der Waals surface area (Å²) in [5.41, 5.74) is 7.63. The predicted octanol–water partition coefficient (Wildman–Crippen LogP) is 4.01. The molecule has 7 nitrogen and oxygen atoms in total. The Morgan fingerprint density at radius 1 is 1.24 bits per heavy atom. The van der Waals surface area contributed by atoms with Crippen LogP contribution in [0.4, 0.5) is 10.8 Å². The predicted molar refractivity (Wildman–Crippen MR) is 114 cm³/mol. The van der Waals surface area contributed by atoms with E-state index in [0.29, 0.717) is 26.8 Å². The van der Waals surface area contributed by atoms with Crippen LogP contribution in [0.2, 0.25) is 0 Å². The van der Waals surface area contributed by atoms with Crippen molar-refractivity contribution < 1.29 is 4.74 Å². The molecule has 4 N–H and O–H groups in total. The molecule has 0 radical (unpaired) electrons. The summed E-state index contributed by atoms with van der Waals surface area (Å²) in [7, 11) is 0. The molecule has 0 saturated heterocycles. The van der Waals surface area contributed by atoms with Gasteiger partial charge in [0.05, 0.1) is 11.5 Å². The second-order valence-corrected chi connectivity index (χ2v) is 8.30. The van der Waals surface area contributed by atoms with Gasteiger partial charge in [-0.3, -0.25) is 4.79 Å². The van der Waals surface area contributed by atoms with Gasteiger partial charge in [0.1, 0.15) is 16.3 Å². The Kier molecular flexibility index (Phi) is 4.08. The fourth-order valence-electron chi connectivity index (χ4n) is 3.33. The number of rotatable bonds is 3. The zero-order valence-electron chi connectivity index (χ0n) is 14.8. The van der Waals surface area contributed by atoms with Crippen LogP contribution in [-0.2, 0) is 0 Å². The van der Waals surface area contributed by atoms with Crippen LogP contribution in [-0.4, -0.2) is 9.97 Å². The number of nitrogens with one attached hydrogen (secondary N) is 2. The molecule has 1 aliphatic rings. The smallest absolute Gasteiger partial charge is 0.257 e. The van der Waals surface area contributed by atoms with Gasteiger partial charge in [0.15, 0.2) is 16.5 Å². The largest absolute Gasteiger partial charge is 0.438 e. The minimum absolute atomic E-state index is 0.0104. The van der Waals surface area contributed by atoms with Crippen molar-refractivity contribution >= 4 is 43.8 Å². The van der Waals surface area contributed by atoms with Gasteiger partial charge in [-0.15, -0.1) is 11.3 Å². The van der Waals surface area contributed by atoms with Crippen molar-refractivity contribution in [1.29, 1.82) is 5.26 Å². The van der Waals surface area contributed by atoms with Crippen molar-refractivity contribution in [3.63, 3.8) is 0 Å². The first-order valence-corrected chi connectivity index (χ1v) is 10.3. The molecule has 0 saturated carbocycles. The molecule has 4 aromatic rings. The fraction of sp³-hybridized carbons (Fsp3) is 0.0500. The van der Waals surface area contributed by atoms with Gasteiger partial charge in [0, 0.05) is 10.6 Å². The topological polar surface area (TPSA) is 117 Å². The van der Waals surface area contributed by atoms with Crippen LogP contribution in [0.3, 0.4) is 0 Å². The summed E-state index contributed by atoms with van der Waals surface area (Å²) in [4.78, 5) is 21.1. The van der Waals surface area contributed by atoms with Crippen LogP contribution in [0.15, 0.2) is 64.1 Å².